The van der Waals surface area contributed by atoms with E-state index in [1.54, 1.807) is 12.1 Å². The Morgan fingerprint density at radius 2 is 2.31 bits per heavy atom. The van der Waals surface area contributed by atoms with Gasteiger partial charge in [-0.15, -0.1) is 0 Å². The number of pyridine rings is 1. The lowest BCUT2D eigenvalue weighted by atomic mass is 10.1. The summed E-state index contributed by atoms with van der Waals surface area (Å²) in [6.45, 7) is 4.64. The van der Waals surface area contributed by atoms with E-state index < -0.39 is 0 Å². The number of nitrogens with two attached hydrogens (primary N) is 1. The number of ether oxygens (including phenoxy) is 1. The van der Waals surface area contributed by atoms with Crippen LogP contribution in [0, 0.1) is 5.92 Å². The standard InChI is InChI=1S/C12H18N2O2/c1-3-4-9(2)8-16-12(15)10-5-6-11(13)14-7-10/h5-7,9H,3-4,8H2,1-2H3,(H2,13,14). The number of rotatable bonds is 5. The quantitative estimate of drug-likeness (QED) is 0.776. The van der Waals surface area contributed by atoms with Gasteiger partial charge in [-0.05, 0) is 24.5 Å². The molecule has 0 radical (unpaired) electrons. The van der Waals surface area contributed by atoms with Crippen LogP contribution in [0.15, 0.2) is 18.3 Å². The molecule has 0 amide bonds. The highest BCUT2D eigenvalue weighted by Gasteiger charge is 2.09. The van der Waals surface area contributed by atoms with Gasteiger partial charge in [-0.2, -0.15) is 0 Å². The molecule has 0 aliphatic heterocycles. The lowest BCUT2D eigenvalue weighted by Crippen LogP contribution is -2.12. The maximum atomic E-state index is 11.6. The molecule has 1 heterocycles. The van der Waals surface area contributed by atoms with Crippen LogP contribution in [0.2, 0.25) is 0 Å². The third kappa shape index (κ3) is 3.88. The number of anilines is 1. The summed E-state index contributed by atoms with van der Waals surface area (Å²) in [5.41, 5.74) is 5.87. The van der Waals surface area contributed by atoms with Gasteiger partial charge in [-0.1, -0.05) is 20.3 Å². The zero-order valence-corrected chi connectivity index (χ0v) is 9.77. The van der Waals surface area contributed by atoms with Crippen LogP contribution in [-0.2, 0) is 4.74 Å². The van der Waals surface area contributed by atoms with Crippen molar-refractivity contribution < 1.29 is 9.53 Å². The van der Waals surface area contributed by atoms with Gasteiger partial charge in [-0.3, -0.25) is 0 Å². The van der Waals surface area contributed by atoms with Crippen LogP contribution in [0.1, 0.15) is 37.0 Å². The van der Waals surface area contributed by atoms with E-state index in [-0.39, 0.29) is 5.97 Å². The number of nitrogens with zero attached hydrogens (tertiary/aromatic N) is 1. The molecule has 1 atom stereocenters. The zero-order valence-electron chi connectivity index (χ0n) is 9.77. The smallest absolute Gasteiger partial charge is 0.339 e. The fourth-order valence-electron chi connectivity index (χ4n) is 1.40. The summed E-state index contributed by atoms with van der Waals surface area (Å²) in [6, 6.07) is 3.21. The van der Waals surface area contributed by atoms with E-state index in [1.165, 1.54) is 6.20 Å². The Hall–Kier alpha value is -1.58. The Labute approximate surface area is 95.8 Å². The minimum absolute atomic E-state index is 0.338. The lowest BCUT2D eigenvalue weighted by Gasteiger charge is -2.10. The largest absolute Gasteiger partial charge is 0.462 e. The first-order valence-corrected chi connectivity index (χ1v) is 5.52. The molecule has 4 heteroatoms. The van der Waals surface area contributed by atoms with Crippen LogP contribution in [0.4, 0.5) is 5.82 Å². The molecule has 0 saturated carbocycles. The van der Waals surface area contributed by atoms with Gasteiger partial charge in [0, 0.05) is 6.20 Å². The summed E-state index contributed by atoms with van der Waals surface area (Å²) in [7, 11) is 0. The summed E-state index contributed by atoms with van der Waals surface area (Å²) < 4.78 is 5.16. The van der Waals surface area contributed by atoms with Crippen LogP contribution in [0.25, 0.3) is 0 Å². The SMILES string of the molecule is CCCC(C)COC(=O)c1ccc(N)nc1. The van der Waals surface area contributed by atoms with Gasteiger partial charge < -0.3 is 10.5 Å². The fraction of sp³-hybridized carbons (Fsp3) is 0.500. The third-order valence-electron chi connectivity index (χ3n) is 2.30. The van der Waals surface area contributed by atoms with E-state index in [0.29, 0.717) is 23.9 Å². The Morgan fingerprint density at radius 1 is 1.56 bits per heavy atom. The molecule has 0 aliphatic carbocycles. The molecule has 1 unspecified atom stereocenters. The van der Waals surface area contributed by atoms with Gasteiger partial charge in [0.15, 0.2) is 0 Å². The fourth-order valence-corrected chi connectivity index (χ4v) is 1.40. The van der Waals surface area contributed by atoms with Crippen LogP contribution < -0.4 is 5.73 Å². The van der Waals surface area contributed by atoms with Gasteiger partial charge in [0.05, 0.1) is 12.2 Å². The van der Waals surface area contributed by atoms with E-state index >= 15 is 0 Å². The Kier molecular flexibility index (Phi) is 4.76. The Morgan fingerprint density at radius 3 is 2.88 bits per heavy atom. The van der Waals surface area contributed by atoms with Crippen LogP contribution in [-0.4, -0.2) is 17.6 Å². The second-order valence-corrected chi connectivity index (χ2v) is 3.96. The molecule has 16 heavy (non-hydrogen) atoms. The number of aromatic nitrogens is 1. The number of carbonyl (C=O) groups is 1. The van der Waals surface area contributed by atoms with Crippen LogP contribution >= 0.6 is 0 Å². The predicted molar refractivity (Wildman–Crippen MR) is 63.0 cm³/mol. The number of esters is 1. The van der Waals surface area contributed by atoms with Crippen molar-refractivity contribution >= 4 is 11.8 Å². The highest BCUT2D eigenvalue weighted by molar-refractivity contribution is 5.89. The average Bonchev–Trinajstić information content (AvgIpc) is 2.27. The van der Waals surface area contributed by atoms with Gasteiger partial charge in [0.2, 0.25) is 0 Å². The van der Waals surface area contributed by atoms with E-state index in [4.69, 9.17) is 10.5 Å². The Bertz CT molecular complexity index is 335. The molecule has 0 aliphatic rings. The van der Waals surface area contributed by atoms with Crippen LogP contribution in [0.3, 0.4) is 0 Å². The van der Waals surface area contributed by atoms with Crippen molar-refractivity contribution in [3.63, 3.8) is 0 Å². The van der Waals surface area contributed by atoms with Crippen molar-refractivity contribution in [3.05, 3.63) is 23.9 Å². The van der Waals surface area contributed by atoms with Gasteiger partial charge in [-0.25, -0.2) is 9.78 Å². The molecular weight excluding hydrogens is 204 g/mol. The van der Waals surface area contributed by atoms with E-state index in [9.17, 15) is 4.79 Å². The van der Waals surface area contributed by atoms with Crippen molar-refractivity contribution in [2.24, 2.45) is 5.92 Å². The molecule has 0 fully saturated rings. The van der Waals surface area contributed by atoms with Crippen molar-refractivity contribution in [2.75, 3.05) is 12.3 Å². The first kappa shape index (κ1) is 12.5. The van der Waals surface area contributed by atoms with Gasteiger partial charge in [0.25, 0.3) is 0 Å². The first-order valence-electron chi connectivity index (χ1n) is 5.52. The Balaban J connectivity index is 2.43. The summed E-state index contributed by atoms with van der Waals surface area (Å²) in [5, 5.41) is 0. The summed E-state index contributed by atoms with van der Waals surface area (Å²) in [4.78, 5) is 15.4. The van der Waals surface area contributed by atoms with E-state index in [2.05, 4.69) is 18.8 Å². The van der Waals surface area contributed by atoms with Gasteiger partial charge >= 0.3 is 5.97 Å². The second kappa shape index (κ2) is 6.10. The zero-order chi connectivity index (χ0) is 12.0. The monoisotopic (exact) mass is 222 g/mol. The molecule has 1 aromatic rings. The molecule has 1 rings (SSSR count). The molecule has 0 bridgehead atoms. The molecule has 4 nitrogen and oxygen atoms in total. The van der Waals surface area contributed by atoms with Crippen molar-refractivity contribution in [1.29, 1.82) is 0 Å². The summed E-state index contributed by atoms with van der Waals surface area (Å²) in [5.74, 6) is 0.460. The lowest BCUT2D eigenvalue weighted by molar-refractivity contribution is 0.0443. The topological polar surface area (TPSA) is 65.2 Å². The predicted octanol–water partition coefficient (Wildman–Crippen LogP) is 2.26. The van der Waals surface area contributed by atoms with Crippen molar-refractivity contribution in [1.82, 2.24) is 4.98 Å². The molecule has 2 N–H and O–H groups in total. The normalized spacial score (nSPS) is 12.1. The minimum Gasteiger partial charge on any atom is -0.462 e. The van der Waals surface area contributed by atoms with Crippen molar-refractivity contribution in [2.45, 2.75) is 26.7 Å². The molecule has 88 valence electrons. The maximum absolute atomic E-state index is 11.6. The summed E-state index contributed by atoms with van der Waals surface area (Å²) in [6.07, 6.45) is 3.59. The molecule has 0 aromatic carbocycles. The number of carbonyl (C=O) groups excluding carboxylic acids is 1. The number of nitrogen functional groups attached to an aromatic ring is 1. The molecule has 1 aromatic heterocycles. The maximum Gasteiger partial charge on any atom is 0.339 e. The highest BCUT2D eigenvalue weighted by Crippen LogP contribution is 2.08. The molecule has 0 spiro atoms. The first-order chi connectivity index (χ1) is 7.63. The average molecular weight is 222 g/mol. The number of hydrogen-bond acceptors (Lipinski definition) is 4. The van der Waals surface area contributed by atoms with Crippen LogP contribution in [0.5, 0.6) is 0 Å². The van der Waals surface area contributed by atoms with E-state index in [0.717, 1.165) is 12.8 Å². The van der Waals surface area contributed by atoms with E-state index in [1.807, 2.05) is 0 Å². The highest BCUT2D eigenvalue weighted by atomic mass is 16.5. The molecule has 0 saturated heterocycles. The minimum atomic E-state index is -0.338. The second-order valence-electron chi connectivity index (χ2n) is 3.96. The van der Waals surface area contributed by atoms with Crippen molar-refractivity contribution in [3.8, 4) is 0 Å². The molecular formula is C12H18N2O2. The summed E-state index contributed by atoms with van der Waals surface area (Å²) >= 11 is 0. The number of hydrogen-bond donors (Lipinski definition) is 1. The van der Waals surface area contributed by atoms with Gasteiger partial charge in [0.1, 0.15) is 5.82 Å². The third-order valence-corrected chi connectivity index (χ3v) is 2.30.